The first kappa shape index (κ1) is 35.2. The molecule has 31 heavy (non-hydrogen) atoms. The van der Waals surface area contributed by atoms with Gasteiger partial charge in [0.1, 0.15) is 0 Å². The second kappa shape index (κ2) is 31.8. The van der Waals surface area contributed by atoms with Crippen molar-refractivity contribution < 1.29 is 40.9 Å². The molecule has 0 aliphatic rings. The zero-order chi connectivity index (χ0) is 22.7. The molecule has 0 atom stereocenters. The molecule has 0 aromatic carbocycles. The van der Waals surface area contributed by atoms with Gasteiger partial charge in [-0.05, 0) is 25.7 Å². The average Bonchev–Trinajstić information content (AvgIpc) is 2.71. The molecule has 0 saturated heterocycles. The molecule has 0 aliphatic carbocycles. The maximum atomic E-state index is 10.1. The minimum absolute atomic E-state index is 0. The predicted octanol–water partition coefficient (Wildman–Crippen LogP) is 6.09. The van der Waals surface area contributed by atoms with Gasteiger partial charge in [-0.1, -0.05) is 129 Å². The van der Waals surface area contributed by atoms with Gasteiger partial charge in [-0.3, -0.25) is 0 Å². The fourth-order valence-electron chi connectivity index (χ4n) is 3.51. The van der Waals surface area contributed by atoms with Crippen LogP contribution in [0, 0.1) is 0 Å². The van der Waals surface area contributed by atoms with Crippen LogP contribution >= 0.6 is 0 Å². The van der Waals surface area contributed by atoms with Crippen LogP contribution in [0.15, 0.2) is 0 Å². The smallest absolute Gasteiger partial charge is 0.550 e. The Morgan fingerprint density at radius 1 is 0.419 bits per heavy atom. The Labute approximate surface area is 207 Å². The van der Waals surface area contributed by atoms with Gasteiger partial charge in [0, 0.05) is 11.9 Å². The van der Waals surface area contributed by atoms with Crippen LogP contribution < -0.4 is 10.2 Å². The summed E-state index contributed by atoms with van der Waals surface area (Å²) >= 11 is 0. The van der Waals surface area contributed by atoms with Crippen LogP contribution in [0.4, 0.5) is 0 Å². The van der Waals surface area contributed by atoms with E-state index in [1.165, 1.54) is 103 Å². The normalized spacial score (nSPS) is 10.1. The maximum absolute atomic E-state index is 10.1. The van der Waals surface area contributed by atoms with E-state index < -0.39 is 11.9 Å². The Kier molecular flexibility index (Phi) is 36.1. The molecular formula is C26H50MoO4. The molecule has 0 amide bonds. The molecule has 0 radical (unpaired) electrons. The van der Waals surface area contributed by atoms with E-state index in [4.69, 9.17) is 0 Å². The van der Waals surface area contributed by atoms with Gasteiger partial charge in [0.05, 0.1) is 0 Å². The van der Waals surface area contributed by atoms with E-state index in [2.05, 4.69) is 13.8 Å². The van der Waals surface area contributed by atoms with Crippen LogP contribution in [0.5, 0.6) is 0 Å². The summed E-state index contributed by atoms with van der Waals surface area (Å²) in [7, 11) is 0. The van der Waals surface area contributed by atoms with Crippen molar-refractivity contribution in [3.05, 3.63) is 0 Å². The Hall–Kier alpha value is -0.372. The summed E-state index contributed by atoms with van der Waals surface area (Å²) in [5.41, 5.74) is 0. The van der Waals surface area contributed by atoms with E-state index in [0.717, 1.165) is 25.7 Å². The summed E-state index contributed by atoms with van der Waals surface area (Å²) < 4.78 is 0. The molecule has 0 unspecified atom stereocenters. The summed E-state index contributed by atoms with van der Waals surface area (Å²) in [6.07, 6.45) is 25.2. The van der Waals surface area contributed by atoms with Crippen LogP contribution in [0.3, 0.4) is 0 Å². The number of carboxylic acid groups (broad SMARTS) is 2. The molecule has 0 saturated carbocycles. The summed E-state index contributed by atoms with van der Waals surface area (Å²) in [6.45, 7) is 4.47. The van der Waals surface area contributed by atoms with Crippen molar-refractivity contribution in [1.82, 2.24) is 0 Å². The van der Waals surface area contributed by atoms with Crippen LogP contribution in [0.25, 0.3) is 0 Å². The van der Waals surface area contributed by atoms with Crippen molar-refractivity contribution in [2.45, 2.75) is 155 Å². The first-order valence-electron chi connectivity index (χ1n) is 12.9. The number of aliphatic carboxylic acids is 2. The summed E-state index contributed by atoms with van der Waals surface area (Å²) in [5.74, 6) is -1.82. The quantitative estimate of drug-likeness (QED) is 0.127. The Morgan fingerprint density at radius 3 is 0.806 bits per heavy atom. The number of hydrogen-bond acceptors (Lipinski definition) is 4. The third-order valence-electron chi connectivity index (χ3n) is 5.47. The standard InChI is InChI=1S/2C13H26O2.Mo/c2*1-2-3-4-5-6-7-8-9-10-11-12-13(14)15;/h2*2-12H2,1H3,(H,14,15);/q;;+2/p-2. The zero-order valence-electron chi connectivity index (χ0n) is 20.6. The fraction of sp³-hybridized carbons (Fsp3) is 0.923. The van der Waals surface area contributed by atoms with Gasteiger partial charge in [0.15, 0.2) is 0 Å². The van der Waals surface area contributed by atoms with Crippen molar-refractivity contribution in [2.24, 2.45) is 0 Å². The van der Waals surface area contributed by atoms with Crippen molar-refractivity contribution in [2.75, 3.05) is 0 Å². The molecule has 0 N–H and O–H groups in total. The van der Waals surface area contributed by atoms with Gasteiger partial charge >= 0.3 is 21.1 Å². The van der Waals surface area contributed by atoms with Crippen LogP contribution in [-0.4, -0.2) is 11.9 Å². The molecule has 5 heteroatoms. The number of rotatable bonds is 22. The van der Waals surface area contributed by atoms with Gasteiger partial charge in [-0.15, -0.1) is 0 Å². The van der Waals surface area contributed by atoms with Gasteiger partial charge in [0.25, 0.3) is 0 Å². The van der Waals surface area contributed by atoms with Gasteiger partial charge in [0.2, 0.25) is 0 Å². The third-order valence-corrected chi connectivity index (χ3v) is 5.47. The van der Waals surface area contributed by atoms with Gasteiger partial charge in [-0.25, -0.2) is 0 Å². The van der Waals surface area contributed by atoms with E-state index >= 15 is 0 Å². The maximum Gasteiger partial charge on any atom is 2.00 e. The van der Waals surface area contributed by atoms with Crippen molar-refractivity contribution >= 4 is 11.9 Å². The van der Waals surface area contributed by atoms with Gasteiger partial charge < -0.3 is 19.8 Å². The first-order chi connectivity index (χ1) is 14.5. The summed E-state index contributed by atoms with van der Waals surface area (Å²) in [6, 6.07) is 0. The monoisotopic (exact) mass is 524 g/mol. The van der Waals surface area contributed by atoms with Crippen LogP contribution in [0.1, 0.15) is 155 Å². The zero-order valence-corrected chi connectivity index (χ0v) is 22.6. The third kappa shape index (κ3) is 40.5. The molecule has 0 bridgehead atoms. The van der Waals surface area contributed by atoms with Gasteiger partial charge in [-0.2, -0.15) is 0 Å². The number of hydrogen-bond donors (Lipinski definition) is 0. The molecule has 0 aliphatic heterocycles. The van der Waals surface area contributed by atoms with E-state index in [0.29, 0.717) is 0 Å². The molecule has 0 spiro atoms. The van der Waals surface area contributed by atoms with Crippen LogP contribution in [0.2, 0.25) is 0 Å². The van der Waals surface area contributed by atoms with E-state index in [9.17, 15) is 19.8 Å². The van der Waals surface area contributed by atoms with Crippen molar-refractivity contribution in [3.63, 3.8) is 0 Å². The van der Waals surface area contributed by atoms with Crippen molar-refractivity contribution in [3.8, 4) is 0 Å². The Morgan fingerprint density at radius 2 is 0.613 bits per heavy atom. The molecule has 0 aromatic rings. The van der Waals surface area contributed by atoms with Crippen molar-refractivity contribution in [1.29, 1.82) is 0 Å². The fourth-order valence-corrected chi connectivity index (χ4v) is 3.51. The predicted molar refractivity (Wildman–Crippen MR) is 123 cm³/mol. The number of carbonyl (C=O) groups excluding carboxylic acids is 2. The largest absolute Gasteiger partial charge is 2.00 e. The minimum atomic E-state index is -0.908. The SMILES string of the molecule is CCCCCCCCCCCCC(=O)[O-].CCCCCCCCCCCCC(=O)[O-].[Mo+2]. The summed E-state index contributed by atoms with van der Waals surface area (Å²) in [5, 5.41) is 20.2. The summed E-state index contributed by atoms with van der Waals surface area (Å²) in [4.78, 5) is 20.2. The molecule has 0 rings (SSSR count). The molecule has 0 heterocycles. The second-order valence-corrected chi connectivity index (χ2v) is 8.61. The molecule has 0 fully saturated rings. The second-order valence-electron chi connectivity index (χ2n) is 8.61. The van der Waals surface area contributed by atoms with Crippen LogP contribution in [-0.2, 0) is 30.7 Å². The number of carboxylic acids is 2. The molecular weight excluding hydrogens is 472 g/mol. The Balaban J connectivity index is -0.000000490. The Bertz CT molecular complexity index is 327. The average molecular weight is 523 g/mol. The first-order valence-corrected chi connectivity index (χ1v) is 12.9. The molecule has 0 aromatic heterocycles. The van der Waals surface area contributed by atoms with E-state index in [-0.39, 0.29) is 33.9 Å². The van der Waals surface area contributed by atoms with E-state index in [1.807, 2.05) is 0 Å². The number of unbranched alkanes of at least 4 members (excludes halogenated alkanes) is 18. The number of carbonyl (C=O) groups is 2. The van der Waals surface area contributed by atoms with E-state index in [1.54, 1.807) is 0 Å². The minimum Gasteiger partial charge on any atom is -0.550 e. The molecule has 4 nitrogen and oxygen atoms in total. The molecule has 184 valence electrons. The topological polar surface area (TPSA) is 80.3 Å².